The Kier molecular flexibility index (Phi) is 17.9. The first kappa shape index (κ1) is 51.1. The fraction of sp³-hybridized carbons (Fsp3) is 0.875. The minimum absolute atomic E-state index is 0. The summed E-state index contributed by atoms with van der Waals surface area (Å²) in [6, 6.07) is 0. The Hall–Kier alpha value is 2.05. The van der Waals surface area contributed by atoms with Gasteiger partial charge < -0.3 is 18.8 Å². The average molecular weight is 809 g/mol. The van der Waals surface area contributed by atoms with Crippen molar-refractivity contribution in [2.45, 2.75) is 131 Å². The third-order valence-electron chi connectivity index (χ3n) is 13.7. The molecule has 19 heteroatoms. The summed E-state index contributed by atoms with van der Waals surface area (Å²) in [7, 11) is -16.4. The predicted molar refractivity (Wildman–Crippen MR) is 172 cm³/mol. The van der Waals surface area contributed by atoms with Crippen molar-refractivity contribution in [3.8, 4) is 0 Å². The van der Waals surface area contributed by atoms with Crippen molar-refractivity contribution < 1.29 is 145 Å². The van der Waals surface area contributed by atoms with Gasteiger partial charge >= 0.3 is 88.7 Å². The van der Waals surface area contributed by atoms with E-state index >= 15 is 0 Å². The topological polar surface area (TPSA) is 220 Å². The van der Waals surface area contributed by atoms with E-state index in [2.05, 4.69) is 56.5 Å². The van der Waals surface area contributed by atoms with Crippen molar-refractivity contribution in [3.63, 3.8) is 0 Å². The van der Waals surface area contributed by atoms with E-state index in [9.17, 15) is 44.0 Å². The Morgan fingerprint density at radius 2 is 1.45 bits per heavy atom. The van der Waals surface area contributed by atoms with Crippen LogP contribution < -0.4 is 88.7 Å². The van der Waals surface area contributed by atoms with Gasteiger partial charge in [0.1, 0.15) is 12.2 Å². The molecule has 0 heterocycles. The second-order valence-corrected chi connectivity index (χ2v) is 18.6. The molecule has 3 saturated carbocycles. The quantitative estimate of drug-likeness (QED) is 0.0804. The molecule has 0 bridgehead atoms. The van der Waals surface area contributed by atoms with Crippen LogP contribution in [0, 0.1) is 45.3 Å². The number of aliphatic hydroxyl groups excluding tert-OH is 1. The number of hydrogen-bond donors (Lipinski definition) is 1. The largest absolute Gasteiger partial charge is 1.00 e. The monoisotopic (exact) mass is 808 g/mol. The normalized spacial score (nSPS) is 37.2. The van der Waals surface area contributed by atoms with Crippen LogP contribution in [0.1, 0.15) is 106 Å². The van der Waals surface area contributed by atoms with Gasteiger partial charge in [0.25, 0.3) is 0 Å². The Bertz CT molecular complexity index is 1620. The van der Waals surface area contributed by atoms with E-state index in [0.717, 1.165) is 44.1 Å². The van der Waals surface area contributed by atoms with Crippen LogP contribution in [0.2, 0.25) is 0 Å². The standard InChI is InChI=1S/C32H54O13S3.3Na/c1-9-32(10-2,19(3)4)16-11-20(5)21-12-14-31(8)23-17-24(43-46(34,35)36)26-27(33)28(45-48(40,41)42)25(44-47(37,38)39)18-29(26,6)22(23)13-15-30(21,31)7;;;/h13,20-21,23-28,33H,3,9-12,14-18H2,1-2,4-8H3,(H,34,35,36)(H,37,38,39)(H,40,41,42);;;/q;3*+1/p-3/t20-,21-,23?,24+,25+,26?,27-,28-,29-,30-,31+;;;/m1.../s1. The molecular weight excluding hydrogens is 758 g/mol. The van der Waals surface area contributed by atoms with Gasteiger partial charge in [-0.05, 0) is 104 Å². The average Bonchev–Trinajstić information content (AvgIpc) is 3.20. The van der Waals surface area contributed by atoms with E-state index in [4.69, 9.17) is 4.18 Å². The van der Waals surface area contributed by atoms with Crippen LogP contribution in [0.4, 0.5) is 0 Å². The third kappa shape index (κ3) is 10.2. The van der Waals surface area contributed by atoms with Gasteiger partial charge in [0, 0.05) is 5.92 Å². The summed E-state index contributed by atoms with van der Waals surface area (Å²) in [5.74, 6) is -1.09. The first-order chi connectivity index (χ1) is 21.8. The van der Waals surface area contributed by atoms with E-state index in [1.54, 1.807) is 6.92 Å². The van der Waals surface area contributed by atoms with Crippen molar-refractivity contribution in [2.24, 2.45) is 45.3 Å². The van der Waals surface area contributed by atoms with Crippen LogP contribution in [-0.2, 0) is 43.7 Å². The van der Waals surface area contributed by atoms with Gasteiger partial charge in [-0.3, -0.25) is 12.5 Å². The van der Waals surface area contributed by atoms with E-state index in [1.807, 2.05) is 6.08 Å². The molecule has 4 rings (SSSR count). The maximum Gasteiger partial charge on any atom is 1.00 e. The fourth-order valence-electron chi connectivity index (χ4n) is 10.8. The SMILES string of the molecule is C=C(C)C(CC)(CC)CC[C@@H](C)[C@H]1CC[C@@]2(C)C3C[C@H](OS(=O)(=O)[O-])C4[C@@H](O)[C@H](OS(=O)(=O)[O-])[C@@H](OS(=O)(=O)[O-])C[C@]4(C)C3=CC[C@]12C.[Na+].[Na+].[Na+]. The summed E-state index contributed by atoms with van der Waals surface area (Å²) in [6.07, 6.45) is 0.175. The Labute approximate surface area is 372 Å². The third-order valence-corrected chi connectivity index (χ3v) is 15.1. The Balaban J connectivity index is 0.00000433. The summed E-state index contributed by atoms with van der Waals surface area (Å²) in [5, 5.41) is 11.5. The van der Waals surface area contributed by atoms with E-state index < -0.39 is 78.8 Å². The number of hydrogen-bond acceptors (Lipinski definition) is 13. The van der Waals surface area contributed by atoms with Gasteiger partial charge in [-0.25, -0.2) is 25.3 Å². The molecule has 0 saturated heterocycles. The molecule has 3 fully saturated rings. The number of rotatable bonds is 13. The van der Waals surface area contributed by atoms with Crippen molar-refractivity contribution in [1.82, 2.24) is 0 Å². The van der Waals surface area contributed by atoms with Gasteiger partial charge in [-0.2, -0.15) is 0 Å². The molecule has 11 atom stereocenters. The summed E-state index contributed by atoms with van der Waals surface area (Å²) >= 11 is 0. The van der Waals surface area contributed by atoms with Crippen LogP contribution >= 0.6 is 0 Å². The molecule has 4 aliphatic carbocycles. The smallest absolute Gasteiger partial charge is 0.726 e. The van der Waals surface area contributed by atoms with Crippen molar-refractivity contribution >= 4 is 31.2 Å². The van der Waals surface area contributed by atoms with Crippen molar-refractivity contribution in [2.75, 3.05) is 0 Å². The maximum atomic E-state index is 12.1. The number of allylic oxidation sites excluding steroid dienone is 3. The molecular formula is C32H51Na3O13S3. The zero-order chi connectivity index (χ0) is 36.5. The summed E-state index contributed by atoms with van der Waals surface area (Å²) in [5.41, 5.74) is -0.0733. The van der Waals surface area contributed by atoms with Crippen LogP contribution in [0.15, 0.2) is 23.8 Å². The van der Waals surface area contributed by atoms with Crippen LogP contribution in [0.25, 0.3) is 0 Å². The van der Waals surface area contributed by atoms with Crippen molar-refractivity contribution in [3.05, 3.63) is 23.8 Å². The summed E-state index contributed by atoms with van der Waals surface area (Å²) in [4.78, 5) is 0. The number of fused-ring (bicyclic) bond motifs is 5. The maximum absolute atomic E-state index is 12.1. The molecule has 0 aromatic heterocycles. The van der Waals surface area contributed by atoms with Crippen LogP contribution in [0.5, 0.6) is 0 Å². The van der Waals surface area contributed by atoms with E-state index in [-0.39, 0.29) is 112 Å². The molecule has 0 aromatic rings. The van der Waals surface area contributed by atoms with Gasteiger partial charge in [0.2, 0.25) is 31.2 Å². The van der Waals surface area contributed by atoms with Gasteiger partial charge in [0.05, 0.1) is 12.2 Å². The molecule has 0 aliphatic heterocycles. The predicted octanol–water partition coefficient (Wildman–Crippen LogP) is -4.51. The Morgan fingerprint density at radius 3 is 1.92 bits per heavy atom. The first-order valence-electron chi connectivity index (χ1n) is 16.7. The summed E-state index contributed by atoms with van der Waals surface area (Å²) < 4.78 is 121. The molecule has 13 nitrogen and oxygen atoms in total. The van der Waals surface area contributed by atoms with Gasteiger partial charge in [-0.15, -0.1) is 0 Å². The molecule has 0 radical (unpaired) electrons. The zero-order valence-electron chi connectivity index (χ0n) is 31.8. The molecule has 0 spiro atoms. The fourth-order valence-corrected chi connectivity index (χ4v) is 12.3. The van der Waals surface area contributed by atoms with E-state index in [0.29, 0.717) is 18.3 Å². The van der Waals surface area contributed by atoms with Gasteiger partial charge in [0.15, 0.2) is 0 Å². The Morgan fingerprint density at radius 1 is 0.941 bits per heavy atom. The molecule has 51 heavy (non-hydrogen) atoms. The molecule has 0 aromatic carbocycles. The minimum atomic E-state index is -5.57. The van der Waals surface area contributed by atoms with Crippen LogP contribution in [-0.4, -0.2) is 68.4 Å². The number of aliphatic hydroxyl groups is 1. The van der Waals surface area contributed by atoms with Crippen molar-refractivity contribution in [1.29, 1.82) is 0 Å². The van der Waals surface area contributed by atoms with Gasteiger partial charge in [-0.1, -0.05) is 65.3 Å². The molecule has 278 valence electrons. The molecule has 2 unspecified atom stereocenters. The second kappa shape index (κ2) is 17.9. The van der Waals surface area contributed by atoms with Crippen LogP contribution in [0.3, 0.4) is 0 Å². The first-order valence-corrected chi connectivity index (χ1v) is 20.7. The molecule has 0 amide bonds. The molecule has 4 aliphatic rings. The van der Waals surface area contributed by atoms with E-state index in [1.165, 1.54) is 5.57 Å². The zero-order valence-corrected chi connectivity index (χ0v) is 40.3. The second-order valence-electron chi connectivity index (χ2n) is 15.6. The minimum Gasteiger partial charge on any atom is -0.726 e. The molecule has 1 N–H and O–H groups in total. The summed E-state index contributed by atoms with van der Waals surface area (Å²) in [6.45, 7) is 19.0.